The summed E-state index contributed by atoms with van der Waals surface area (Å²) in [6.07, 6.45) is 2.54. The maximum Gasteiger partial charge on any atom is 0.244 e. The Morgan fingerprint density at radius 1 is 1.42 bits per heavy atom. The first kappa shape index (κ1) is 16.0. The van der Waals surface area contributed by atoms with Crippen LogP contribution in [-0.4, -0.2) is 10.2 Å². The minimum Gasteiger partial charge on any atom is -0.420 e. The number of nitrogens with two attached hydrogens (primary N) is 1. The summed E-state index contributed by atoms with van der Waals surface area (Å²) in [5.41, 5.74) is 7.41. The van der Waals surface area contributed by atoms with Crippen molar-refractivity contribution in [3.05, 3.63) is 58.1 Å². The second-order valence-electron chi connectivity index (χ2n) is 5.62. The van der Waals surface area contributed by atoms with Crippen LogP contribution in [0.15, 0.2) is 29.7 Å². The number of aryl methyl sites for hydroxylation is 1. The molecule has 0 spiro atoms. The molecule has 2 heterocycles. The third-order valence-electron chi connectivity index (χ3n) is 4.07. The molecule has 0 radical (unpaired) electrons. The lowest BCUT2D eigenvalue weighted by molar-refractivity contribution is 0.377. The van der Waals surface area contributed by atoms with Crippen molar-refractivity contribution in [1.82, 2.24) is 10.2 Å². The number of ether oxygens (including phenoxy) is 1. The van der Waals surface area contributed by atoms with E-state index >= 15 is 0 Å². The van der Waals surface area contributed by atoms with Crippen LogP contribution in [0, 0.1) is 23.0 Å². The van der Waals surface area contributed by atoms with E-state index in [0.717, 1.165) is 30.7 Å². The summed E-state index contributed by atoms with van der Waals surface area (Å²) in [5, 5.41) is 16.4. The van der Waals surface area contributed by atoms with Gasteiger partial charge in [0.25, 0.3) is 0 Å². The molecule has 1 aromatic heterocycles. The molecule has 2 aromatic rings. The van der Waals surface area contributed by atoms with Gasteiger partial charge in [-0.25, -0.2) is 8.78 Å². The topological polar surface area (TPSA) is 87.7 Å². The van der Waals surface area contributed by atoms with Gasteiger partial charge in [0.1, 0.15) is 23.3 Å². The van der Waals surface area contributed by atoms with Gasteiger partial charge in [-0.15, -0.1) is 5.10 Å². The van der Waals surface area contributed by atoms with Crippen molar-refractivity contribution < 1.29 is 13.5 Å². The Morgan fingerprint density at radius 3 is 2.88 bits per heavy atom. The highest BCUT2D eigenvalue weighted by atomic mass is 19.1. The Bertz CT molecular complexity index is 851. The van der Waals surface area contributed by atoms with Gasteiger partial charge in [0.2, 0.25) is 11.8 Å². The summed E-state index contributed by atoms with van der Waals surface area (Å²) in [6.45, 7) is 2.05. The van der Waals surface area contributed by atoms with E-state index in [1.54, 1.807) is 0 Å². The second-order valence-corrected chi connectivity index (χ2v) is 5.62. The van der Waals surface area contributed by atoms with Crippen molar-refractivity contribution in [1.29, 1.82) is 5.26 Å². The van der Waals surface area contributed by atoms with Crippen molar-refractivity contribution in [3.63, 3.8) is 0 Å². The van der Waals surface area contributed by atoms with Crippen molar-refractivity contribution in [2.24, 2.45) is 5.73 Å². The first-order chi connectivity index (χ1) is 11.6. The third-order valence-corrected chi connectivity index (χ3v) is 4.07. The monoisotopic (exact) mass is 330 g/mol. The van der Waals surface area contributed by atoms with Crippen molar-refractivity contribution in [2.45, 2.75) is 32.1 Å². The molecule has 7 heteroatoms. The SMILES string of the molecule is CCCCc1[nH]nc2c1[C@H](c1ccc(F)cc1F)C(C#N)=C(N)O2. The molecule has 1 aliphatic rings. The average Bonchev–Trinajstić information content (AvgIpc) is 2.94. The Morgan fingerprint density at radius 2 is 2.21 bits per heavy atom. The molecule has 24 heavy (non-hydrogen) atoms. The summed E-state index contributed by atoms with van der Waals surface area (Å²) < 4.78 is 33.0. The molecule has 0 saturated carbocycles. The van der Waals surface area contributed by atoms with Crippen LogP contribution in [0.4, 0.5) is 8.78 Å². The van der Waals surface area contributed by atoms with E-state index < -0.39 is 17.6 Å². The molecule has 0 saturated heterocycles. The highest BCUT2D eigenvalue weighted by molar-refractivity contribution is 5.55. The van der Waals surface area contributed by atoms with Crippen LogP contribution in [0.3, 0.4) is 0 Å². The smallest absolute Gasteiger partial charge is 0.244 e. The van der Waals surface area contributed by atoms with Crippen molar-refractivity contribution >= 4 is 0 Å². The van der Waals surface area contributed by atoms with Gasteiger partial charge in [0.05, 0.1) is 11.5 Å². The molecular formula is C17H16F2N4O. The Balaban J connectivity index is 2.19. The van der Waals surface area contributed by atoms with E-state index in [4.69, 9.17) is 10.5 Å². The quantitative estimate of drug-likeness (QED) is 0.901. The predicted molar refractivity (Wildman–Crippen MR) is 82.9 cm³/mol. The number of fused-ring (bicyclic) bond motifs is 1. The highest BCUT2D eigenvalue weighted by Gasteiger charge is 2.36. The largest absolute Gasteiger partial charge is 0.420 e. The number of nitrogens with zero attached hydrogens (tertiary/aromatic N) is 2. The Kier molecular flexibility index (Phi) is 4.21. The average molecular weight is 330 g/mol. The van der Waals surface area contributed by atoms with Crippen LogP contribution in [0.1, 0.15) is 42.5 Å². The first-order valence-corrected chi connectivity index (χ1v) is 7.66. The highest BCUT2D eigenvalue weighted by Crippen LogP contribution is 2.43. The van der Waals surface area contributed by atoms with Gasteiger partial charge in [-0.1, -0.05) is 19.4 Å². The molecule has 1 aromatic carbocycles. The van der Waals surface area contributed by atoms with Crippen LogP contribution in [0.2, 0.25) is 0 Å². The molecule has 3 rings (SSSR count). The van der Waals surface area contributed by atoms with Gasteiger partial charge in [-0.2, -0.15) is 5.26 Å². The second kappa shape index (κ2) is 6.32. The van der Waals surface area contributed by atoms with Crippen LogP contribution in [0.25, 0.3) is 0 Å². The van der Waals surface area contributed by atoms with E-state index in [-0.39, 0.29) is 22.9 Å². The van der Waals surface area contributed by atoms with Gasteiger partial charge in [-0.3, -0.25) is 5.10 Å². The van der Waals surface area contributed by atoms with Gasteiger partial charge in [0, 0.05) is 17.3 Å². The number of halogens is 2. The van der Waals surface area contributed by atoms with Crippen LogP contribution in [0.5, 0.6) is 5.88 Å². The maximum absolute atomic E-state index is 14.4. The normalized spacial score (nSPS) is 16.5. The molecular weight excluding hydrogens is 314 g/mol. The number of rotatable bonds is 4. The maximum atomic E-state index is 14.4. The lowest BCUT2D eigenvalue weighted by Gasteiger charge is -2.24. The van der Waals surface area contributed by atoms with E-state index in [0.29, 0.717) is 12.0 Å². The lowest BCUT2D eigenvalue weighted by Crippen LogP contribution is -2.22. The van der Waals surface area contributed by atoms with Gasteiger partial charge in [-0.05, 0) is 18.9 Å². The number of allylic oxidation sites excluding steroid dienone is 1. The zero-order chi connectivity index (χ0) is 17.3. The number of nitrogens with one attached hydrogen (secondary N) is 1. The fourth-order valence-electron chi connectivity index (χ4n) is 2.90. The van der Waals surface area contributed by atoms with Gasteiger partial charge in [0.15, 0.2) is 0 Å². The Labute approximate surface area is 137 Å². The number of nitriles is 1. The Hall–Kier alpha value is -2.88. The van der Waals surface area contributed by atoms with E-state index in [2.05, 4.69) is 17.1 Å². The minimum absolute atomic E-state index is 0.0900. The molecule has 124 valence electrons. The number of aromatic amines is 1. The van der Waals surface area contributed by atoms with Crippen LogP contribution < -0.4 is 10.5 Å². The fraction of sp³-hybridized carbons (Fsp3) is 0.294. The number of hydrogen-bond acceptors (Lipinski definition) is 4. The molecule has 5 nitrogen and oxygen atoms in total. The molecule has 1 aliphatic heterocycles. The fourth-order valence-corrected chi connectivity index (χ4v) is 2.90. The number of H-pyrrole nitrogens is 1. The molecule has 0 unspecified atom stereocenters. The summed E-state index contributed by atoms with van der Waals surface area (Å²) >= 11 is 0. The van der Waals surface area contributed by atoms with Crippen molar-refractivity contribution in [3.8, 4) is 11.9 Å². The van der Waals surface area contributed by atoms with Crippen molar-refractivity contribution in [2.75, 3.05) is 0 Å². The third kappa shape index (κ3) is 2.60. The standard InChI is InChI=1S/C17H16F2N4O/c1-2-3-4-13-15-14(10-6-5-9(18)7-12(10)19)11(8-20)16(21)24-17(15)23-22-13/h5-7,14H,2-4,21H2,1H3,(H,22,23)/t14-/m1/s1. The zero-order valence-corrected chi connectivity index (χ0v) is 13.1. The minimum atomic E-state index is -0.773. The molecule has 0 bridgehead atoms. The van der Waals surface area contributed by atoms with E-state index in [1.807, 2.05) is 6.07 Å². The van der Waals surface area contributed by atoms with Crippen LogP contribution >= 0.6 is 0 Å². The van der Waals surface area contributed by atoms with E-state index in [1.165, 1.54) is 6.07 Å². The lowest BCUT2D eigenvalue weighted by atomic mass is 9.83. The number of unbranched alkanes of at least 4 members (excludes halogenated alkanes) is 1. The summed E-state index contributed by atoms with van der Waals surface area (Å²) in [4.78, 5) is 0. The molecule has 1 atom stereocenters. The summed E-state index contributed by atoms with van der Waals surface area (Å²) in [7, 11) is 0. The number of benzene rings is 1. The summed E-state index contributed by atoms with van der Waals surface area (Å²) in [6, 6.07) is 5.26. The predicted octanol–water partition coefficient (Wildman–Crippen LogP) is 3.25. The zero-order valence-electron chi connectivity index (χ0n) is 13.1. The van der Waals surface area contributed by atoms with E-state index in [9.17, 15) is 14.0 Å². The number of hydrogen-bond donors (Lipinski definition) is 2. The first-order valence-electron chi connectivity index (χ1n) is 7.66. The molecule has 0 fully saturated rings. The molecule has 0 amide bonds. The van der Waals surface area contributed by atoms with Gasteiger partial charge >= 0.3 is 0 Å². The van der Waals surface area contributed by atoms with Gasteiger partial charge < -0.3 is 10.5 Å². The summed E-state index contributed by atoms with van der Waals surface area (Å²) in [5.74, 6) is -2.09. The molecule has 3 N–H and O–H groups in total. The number of aromatic nitrogens is 2. The van der Waals surface area contributed by atoms with Crippen LogP contribution in [-0.2, 0) is 6.42 Å². The molecule has 0 aliphatic carbocycles.